The van der Waals surface area contributed by atoms with Gasteiger partial charge in [-0.3, -0.25) is 4.79 Å². The fourth-order valence-electron chi connectivity index (χ4n) is 2.16. The quantitative estimate of drug-likeness (QED) is 0.836. The molecule has 2 rings (SSSR count). The summed E-state index contributed by atoms with van der Waals surface area (Å²) in [6.07, 6.45) is 4.16. The van der Waals surface area contributed by atoms with Crippen LogP contribution in [0.25, 0.3) is 0 Å². The van der Waals surface area contributed by atoms with E-state index in [-0.39, 0.29) is 22.4 Å². The maximum Gasteiger partial charge on any atom is 0.261 e. The normalized spacial score (nSPS) is 16.5. The Bertz CT molecular complexity index is 597. The molecule has 1 aromatic carbocycles. The summed E-state index contributed by atoms with van der Waals surface area (Å²) in [5.74, 6) is -0.277. The Morgan fingerprint density at radius 2 is 1.95 bits per heavy atom. The second kappa shape index (κ2) is 5.81. The molecule has 0 saturated heterocycles. The lowest BCUT2D eigenvalue weighted by atomic mass is 10.2. The lowest BCUT2D eigenvalue weighted by Gasteiger charge is -2.13. The molecule has 4 nitrogen and oxygen atoms in total. The number of benzene rings is 1. The first-order valence-electron chi connectivity index (χ1n) is 5.93. The van der Waals surface area contributed by atoms with Crippen molar-refractivity contribution in [3.63, 3.8) is 0 Å². The summed E-state index contributed by atoms with van der Waals surface area (Å²) in [6, 6.07) is 4.34. The van der Waals surface area contributed by atoms with Gasteiger partial charge in [0, 0.05) is 21.2 Å². The number of hydrogen-bond donors (Lipinski definition) is 1. The Hall–Kier alpha value is -0.590. The van der Waals surface area contributed by atoms with E-state index in [2.05, 4.69) is 21.2 Å². The summed E-state index contributed by atoms with van der Waals surface area (Å²) in [4.78, 5) is 12.0. The van der Waals surface area contributed by atoms with Gasteiger partial charge in [-0.15, -0.1) is 0 Å². The van der Waals surface area contributed by atoms with Crippen LogP contribution in [0.3, 0.4) is 0 Å². The highest BCUT2D eigenvalue weighted by atomic mass is 79.9. The van der Waals surface area contributed by atoms with Gasteiger partial charge in [0.25, 0.3) is 15.0 Å². The highest BCUT2D eigenvalue weighted by Gasteiger charge is 2.21. The number of carbonyl (C=O) groups is 1. The number of nitrogens with one attached hydrogen (secondary N) is 1. The molecule has 0 atom stereocenters. The Labute approximate surface area is 125 Å². The van der Waals surface area contributed by atoms with E-state index in [1.54, 1.807) is 0 Å². The van der Waals surface area contributed by atoms with E-state index in [9.17, 15) is 13.2 Å². The second-order valence-electron chi connectivity index (χ2n) is 4.53. The van der Waals surface area contributed by atoms with E-state index in [4.69, 9.17) is 10.7 Å². The maximum absolute atomic E-state index is 12.1. The average molecular weight is 367 g/mol. The molecule has 0 heterocycles. The molecule has 19 heavy (non-hydrogen) atoms. The van der Waals surface area contributed by atoms with E-state index >= 15 is 0 Å². The summed E-state index contributed by atoms with van der Waals surface area (Å²) in [5.41, 5.74) is 0.286. The predicted octanol–water partition coefficient (Wildman–Crippen LogP) is 3.05. The van der Waals surface area contributed by atoms with E-state index < -0.39 is 9.05 Å². The van der Waals surface area contributed by atoms with E-state index in [0.29, 0.717) is 4.47 Å². The van der Waals surface area contributed by atoms with Crippen molar-refractivity contribution in [2.24, 2.45) is 0 Å². The van der Waals surface area contributed by atoms with Gasteiger partial charge in [0.1, 0.15) is 0 Å². The standard InChI is InChI=1S/C12H13BrClNO3S/c13-11-6-5-9(19(14,17)18)7-10(11)12(16)15-8-3-1-2-4-8/h5-8H,1-4H2,(H,15,16). The Morgan fingerprint density at radius 3 is 2.53 bits per heavy atom. The smallest absolute Gasteiger partial charge is 0.261 e. The summed E-state index contributed by atoms with van der Waals surface area (Å²) >= 11 is 3.25. The molecule has 1 amide bonds. The predicted molar refractivity (Wildman–Crippen MR) is 76.9 cm³/mol. The third-order valence-electron chi connectivity index (χ3n) is 3.15. The van der Waals surface area contributed by atoms with Gasteiger partial charge in [-0.25, -0.2) is 8.42 Å². The third-order valence-corrected chi connectivity index (χ3v) is 5.20. The van der Waals surface area contributed by atoms with Crippen molar-refractivity contribution in [1.29, 1.82) is 0 Å². The van der Waals surface area contributed by atoms with Crippen molar-refractivity contribution in [3.05, 3.63) is 28.2 Å². The number of rotatable bonds is 3. The van der Waals surface area contributed by atoms with E-state index in [1.807, 2.05) is 0 Å². The van der Waals surface area contributed by atoms with Crippen LogP contribution in [-0.2, 0) is 9.05 Å². The van der Waals surface area contributed by atoms with Crippen LogP contribution in [0.5, 0.6) is 0 Å². The van der Waals surface area contributed by atoms with Crippen LogP contribution in [-0.4, -0.2) is 20.4 Å². The first kappa shape index (κ1) is 14.8. The molecule has 1 aromatic rings. The van der Waals surface area contributed by atoms with Crippen LogP contribution in [0.2, 0.25) is 0 Å². The molecule has 1 aliphatic carbocycles. The van der Waals surface area contributed by atoms with Gasteiger partial charge in [-0.05, 0) is 47.0 Å². The molecular formula is C12H13BrClNO3S. The molecule has 7 heteroatoms. The SMILES string of the molecule is O=C(NC1CCCC1)c1cc(S(=O)(=O)Cl)ccc1Br. The van der Waals surface area contributed by atoms with Crippen molar-refractivity contribution in [2.45, 2.75) is 36.6 Å². The van der Waals surface area contributed by atoms with Crippen LogP contribution in [0, 0.1) is 0 Å². The molecule has 0 aliphatic heterocycles. The van der Waals surface area contributed by atoms with Gasteiger partial charge in [-0.1, -0.05) is 12.8 Å². The topological polar surface area (TPSA) is 63.2 Å². The minimum atomic E-state index is -3.83. The molecule has 1 fully saturated rings. The van der Waals surface area contributed by atoms with Gasteiger partial charge in [0.2, 0.25) is 0 Å². The van der Waals surface area contributed by atoms with Crippen molar-refractivity contribution < 1.29 is 13.2 Å². The average Bonchev–Trinajstić information content (AvgIpc) is 2.80. The highest BCUT2D eigenvalue weighted by molar-refractivity contribution is 9.10. The first-order valence-corrected chi connectivity index (χ1v) is 9.03. The zero-order valence-corrected chi connectivity index (χ0v) is 13.2. The summed E-state index contributed by atoms with van der Waals surface area (Å²) in [5, 5.41) is 2.91. The monoisotopic (exact) mass is 365 g/mol. The number of amides is 1. The van der Waals surface area contributed by atoms with Crippen LogP contribution < -0.4 is 5.32 Å². The van der Waals surface area contributed by atoms with Crippen molar-refractivity contribution in [2.75, 3.05) is 0 Å². The van der Waals surface area contributed by atoms with E-state index in [1.165, 1.54) is 18.2 Å². The molecule has 0 bridgehead atoms. The molecule has 1 aliphatic rings. The zero-order valence-electron chi connectivity index (χ0n) is 10.0. The summed E-state index contributed by atoms with van der Waals surface area (Å²) in [6.45, 7) is 0. The van der Waals surface area contributed by atoms with Gasteiger partial charge < -0.3 is 5.32 Å². The largest absolute Gasteiger partial charge is 0.349 e. The fourth-order valence-corrected chi connectivity index (χ4v) is 3.37. The van der Waals surface area contributed by atoms with Crippen LogP contribution in [0.4, 0.5) is 0 Å². The van der Waals surface area contributed by atoms with Gasteiger partial charge in [0.05, 0.1) is 10.5 Å². The molecule has 0 spiro atoms. The zero-order chi connectivity index (χ0) is 14.0. The third kappa shape index (κ3) is 3.70. The molecule has 0 unspecified atom stereocenters. The minimum Gasteiger partial charge on any atom is -0.349 e. The molecule has 1 N–H and O–H groups in total. The summed E-state index contributed by atoms with van der Waals surface area (Å²) in [7, 11) is 1.45. The number of halogens is 2. The Kier molecular flexibility index (Phi) is 4.53. The van der Waals surface area contributed by atoms with Gasteiger partial charge in [-0.2, -0.15) is 0 Å². The number of hydrogen-bond acceptors (Lipinski definition) is 3. The number of carbonyl (C=O) groups excluding carboxylic acids is 1. The summed E-state index contributed by atoms with van der Waals surface area (Å²) < 4.78 is 23.1. The second-order valence-corrected chi connectivity index (χ2v) is 7.95. The minimum absolute atomic E-state index is 0.0751. The molecule has 0 radical (unpaired) electrons. The Morgan fingerprint density at radius 1 is 1.32 bits per heavy atom. The first-order chi connectivity index (χ1) is 8.88. The van der Waals surface area contributed by atoms with E-state index in [0.717, 1.165) is 25.7 Å². The van der Waals surface area contributed by atoms with Crippen molar-refractivity contribution in [1.82, 2.24) is 5.32 Å². The molecule has 0 aromatic heterocycles. The van der Waals surface area contributed by atoms with Crippen LogP contribution >= 0.6 is 26.6 Å². The lowest BCUT2D eigenvalue weighted by Crippen LogP contribution is -2.32. The lowest BCUT2D eigenvalue weighted by molar-refractivity contribution is 0.0937. The van der Waals surface area contributed by atoms with Gasteiger partial charge >= 0.3 is 0 Å². The van der Waals surface area contributed by atoms with Crippen LogP contribution in [0.15, 0.2) is 27.6 Å². The van der Waals surface area contributed by atoms with Crippen LogP contribution in [0.1, 0.15) is 36.0 Å². The van der Waals surface area contributed by atoms with Crippen molar-refractivity contribution >= 4 is 41.6 Å². The molecule has 1 saturated carbocycles. The molecule has 104 valence electrons. The van der Waals surface area contributed by atoms with Gasteiger partial charge in [0.15, 0.2) is 0 Å². The highest BCUT2D eigenvalue weighted by Crippen LogP contribution is 2.24. The maximum atomic E-state index is 12.1. The Balaban J connectivity index is 2.25. The molecular weight excluding hydrogens is 354 g/mol. The fraction of sp³-hybridized carbons (Fsp3) is 0.417. The van der Waals surface area contributed by atoms with Crippen molar-refractivity contribution in [3.8, 4) is 0 Å².